The van der Waals surface area contributed by atoms with Crippen LogP contribution >= 0.6 is 0 Å². The van der Waals surface area contributed by atoms with Crippen LogP contribution in [0.3, 0.4) is 0 Å². The highest BCUT2D eigenvalue weighted by molar-refractivity contribution is 5.73. The highest BCUT2D eigenvalue weighted by Crippen LogP contribution is 2.27. The van der Waals surface area contributed by atoms with E-state index in [-0.39, 0.29) is 0 Å². The predicted octanol–water partition coefficient (Wildman–Crippen LogP) is 2.04. The van der Waals surface area contributed by atoms with Crippen molar-refractivity contribution in [3.05, 3.63) is 29.7 Å². The van der Waals surface area contributed by atoms with Gasteiger partial charge in [-0.05, 0) is 44.1 Å². The zero-order valence-corrected chi connectivity index (χ0v) is 13.9. The van der Waals surface area contributed by atoms with Gasteiger partial charge in [-0.3, -0.25) is 4.90 Å². The first-order chi connectivity index (χ1) is 11.3. The number of benzene rings is 1. The summed E-state index contributed by atoms with van der Waals surface area (Å²) >= 11 is 0. The van der Waals surface area contributed by atoms with Crippen LogP contribution in [0.4, 0.5) is 0 Å². The molecule has 2 aliphatic rings. The zero-order valence-electron chi connectivity index (χ0n) is 13.9. The van der Waals surface area contributed by atoms with Gasteiger partial charge in [0.15, 0.2) is 11.5 Å². The summed E-state index contributed by atoms with van der Waals surface area (Å²) in [5.74, 6) is 1.33. The van der Waals surface area contributed by atoms with Gasteiger partial charge >= 0.3 is 0 Å². The minimum Gasteiger partial charge on any atom is -0.440 e. The molecule has 2 aliphatic heterocycles. The summed E-state index contributed by atoms with van der Waals surface area (Å²) in [6.45, 7) is 7.72. The summed E-state index contributed by atoms with van der Waals surface area (Å²) < 4.78 is 6.00. The minimum absolute atomic E-state index is 0.428. The van der Waals surface area contributed by atoms with E-state index < -0.39 is 0 Å². The summed E-state index contributed by atoms with van der Waals surface area (Å²) in [5, 5.41) is 3.44. The van der Waals surface area contributed by atoms with Gasteiger partial charge in [-0.25, -0.2) is 4.98 Å². The summed E-state index contributed by atoms with van der Waals surface area (Å²) in [6, 6.07) is 6.49. The van der Waals surface area contributed by atoms with Gasteiger partial charge in [0.1, 0.15) is 5.52 Å². The van der Waals surface area contributed by atoms with E-state index >= 15 is 0 Å². The van der Waals surface area contributed by atoms with Crippen molar-refractivity contribution in [3.8, 4) is 0 Å². The lowest BCUT2D eigenvalue weighted by molar-refractivity contribution is 0.148. The Hall–Kier alpha value is -1.43. The molecule has 4 rings (SSSR count). The van der Waals surface area contributed by atoms with Crippen molar-refractivity contribution >= 4 is 11.1 Å². The number of nitrogens with one attached hydrogen (secondary N) is 1. The molecule has 5 nitrogen and oxygen atoms in total. The molecule has 0 aliphatic carbocycles. The summed E-state index contributed by atoms with van der Waals surface area (Å²) in [6.07, 6.45) is 2.38. The molecule has 5 heteroatoms. The van der Waals surface area contributed by atoms with Crippen molar-refractivity contribution in [2.24, 2.45) is 0 Å². The van der Waals surface area contributed by atoms with Crippen molar-refractivity contribution in [1.29, 1.82) is 0 Å². The third kappa shape index (κ3) is 3.42. The molecule has 124 valence electrons. The Morgan fingerprint density at radius 2 is 2.13 bits per heavy atom. The summed E-state index contributed by atoms with van der Waals surface area (Å²) in [5.41, 5.74) is 3.27. The zero-order chi connectivity index (χ0) is 15.6. The van der Waals surface area contributed by atoms with Gasteiger partial charge in [-0.1, -0.05) is 6.07 Å². The number of piperazine rings is 1. The molecule has 2 aromatic rings. The third-order valence-corrected chi connectivity index (χ3v) is 5.12. The van der Waals surface area contributed by atoms with E-state index in [2.05, 4.69) is 40.4 Å². The highest BCUT2D eigenvalue weighted by atomic mass is 16.3. The van der Waals surface area contributed by atoms with Gasteiger partial charge in [0.25, 0.3) is 0 Å². The standard InChI is InChI=1S/C18H26N4O/c1-21-7-9-22(10-8-21)13-14-4-5-17-16(11-14)20-18(23-17)15-3-2-6-19-12-15/h4-5,11,15,19H,2-3,6-10,12-13H2,1H3. The van der Waals surface area contributed by atoms with E-state index in [1.54, 1.807) is 0 Å². The number of nitrogens with zero attached hydrogens (tertiary/aromatic N) is 3. The number of fused-ring (bicyclic) bond motifs is 1. The lowest BCUT2D eigenvalue weighted by Gasteiger charge is -2.32. The van der Waals surface area contributed by atoms with E-state index in [9.17, 15) is 0 Å². The van der Waals surface area contributed by atoms with Crippen LogP contribution in [0, 0.1) is 0 Å². The molecule has 0 radical (unpaired) electrons. The molecule has 2 fully saturated rings. The first-order valence-electron chi connectivity index (χ1n) is 8.79. The van der Waals surface area contributed by atoms with Crippen molar-refractivity contribution in [1.82, 2.24) is 20.1 Å². The molecule has 1 aromatic heterocycles. The molecule has 3 heterocycles. The van der Waals surface area contributed by atoms with Gasteiger partial charge < -0.3 is 14.6 Å². The van der Waals surface area contributed by atoms with Gasteiger partial charge in [0.2, 0.25) is 0 Å². The molecule has 0 amide bonds. The number of aromatic nitrogens is 1. The lowest BCUT2D eigenvalue weighted by atomic mass is 10.00. The second-order valence-electron chi connectivity index (χ2n) is 6.98. The monoisotopic (exact) mass is 314 g/mol. The molecule has 23 heavy (non-hydrogen) atoms. The van der Waals surface area contributed by atoms with Crippen LogP contribution in [0.5, 0.6) is 0 Å². The average molecular weight is 314 g/mol. The minimum atomic E-state index is 0.428. The Morgan fingerprint density at radius 1 is 1.26 bits per heavy atom. The largest absolute Gasteiger partial charge is 0.440 e. The Kier molecular flexibility index (Phi) is 4.33. The predicted molar refractivity (Wildman–Crippen MR) is 91.6 cm³/mol. The van der Waals surface area contributed by atoms with Crippen LogP contribution < -0.4 is 5.32 Å². The van der Waals surface area contributed by atoms with Crippen molar-refractivity contribution in [2.75, 3.05) is 46.3 Å². The number of rotatable bonds is 3. The number of oxazole rings is 1. The van der Waals surface area contributed by atoms with Gasteiger partial charge in [-0.2, -0.15) is 0 Å². The van der Waals surface area contributed by atoms with Crippen LogP contribution in [-0.4, -0.2) is 61.1 Å². The Balaban J connectivity index is 1.49. The maximum absolute atomic E-state index is 6.00. The molecular formula is C18H26N4O. The smallest absolute Gasteiger partial charge is 0.199 e. The Bertz CT molecular complexity index is 654. The third-order valence-electron chi connectivity index (χ3n) is 5.12. The quantitative estimate of drug-likeness (QED) is 0.939. The summed E-state index contributed by atoms with van der Waals surface area (Å²) in [4.78, 5) is 9.68. The van der Waals surface area contributed by atoms with Crippen LogP contribution in [0.15, 0.2) is 22.6 Å². The summed E-state index contributed by atoms with van der Waals surface area (Å²) in [7, 11) is 2.19. The molecule has 0 spiro atoms. The van der Waals surface area contributed by atoms with E-state index in [4.69, 9.17) is 9.40 Å². The average Bonchev–Trinajstić information content (AvgIpc) is 3.01. The second kappa shape index (κ2) is 6.59. The number of likely N-dealkylation sites (N-methyl/N-ethyl adjacent to an activating group) is 1. The second-order valence-corrected chi connectivity index (χ2v) is 6.98. The number of piperidine rings is 1. The number of hydrogen-bond donors (Lipinski definition) is 1. The lowest BCUT2D eigenvalue weighted by Crippen LogP contribution is -2.43. The normalized spacial score (nSPS) is 24.3. The first kappa shape index (κ1) is 15.1. The first-order valence-corrected chi connectivity index (χ1v) is 8.79. The molecule has 1 N–H and O–H groups in total. The molecule has 0 saturated carbocycles. The van der Waals surface area contributed by atoms with Crippen molar-refractivity contribution < 1.29 is 4.42 Å². The fourth-order valence-electron chi connectivity index (χ4n) is 3.59. The van der Waals surface area contributed by atoms with Crippen molar-refractivity contribution in [2.45, 2.75) is 25.3 Å². The Morgan fingerprint density at radius 3 is 2.91 bits per heavy atom. The van der Waals surface area contributed by atoms with Crippen molar-refractivity contribution in [3.63, 3.8) is 0 Å². The molecular weight excluding hydrogens is 288 g/mol. The fourth-order valence-corrected chi connectivity index (χ4v) is 3.59. The molecule has 1 atom stereocenters. The fraction of sp³-hybridized carbons (Fsp3) is 0.611. The Labute approximate surface area is 137 Å². The highest BCUT2D eigenvalue weighted by Gasteiger charge is 2.21. The molecule has 1 unspecified atom stereocenters. The molecule has 0 bridgehead atoms. The number of hydrogen-bond acceptors (Lipinski definition) is 5. The molecule has 2 saturated heterocycles. The van der Waals surface area contributed by atoms with E-state index in [1.165, 1.54) is 18.4 Å². The van der Waals surface area contributed by atoms with E-state index in [0.29, 0.717) is 5.92 Å². The van der Waals surface area contributed by atoms with Gasteiger partial charge in [0.05, 0.1) is 0 Å². The van der Waals surface area contributed by atoms with Crippen LogP contribution in [0.2, 0.25) is 0 Å². The maximum atomic E-state index is 6.00. The molecule has 1 aromatic carbocycles. The topological polar surface area (TPSA) is 44.5 Å². The van der Waals surface area contributed by atoms with Crippen LogP contribution in [-0.2, 0) is 6.54 Å². The van der Waals surface area contributed by atoms with Crippen LogP contribution in [0.25, 0.3) is 11.1 Å². The van der Waals surface area contributed by atoms with Gasteiger partial charge in [-0.15, -0.1) is 0 Å². The SMILES string of the molecule is CN1CCN(Cc2ccc3oc(C4CCCNC4)nc3c2)CC1. The maximum Gasteiger partial charge on any atom is 0.199 e. The van der Waals surface area contributed by atoms with Crippen LogP contribution in [0.1, 0.15) is 30.2 Å². The van der Waals surface area contributed by atoms with E-state index in [0.717, 1.165) is 62.8 Å². The van der Waals surface area contributed by atoms with E-state index in [1.807, 2.05) is 0 Å². The van der Waals surface area contributed by atoms with Gasteiger partial charge in [0, 0.05) is 45.2 Å².